The van der Waals surface area contributed by atoms with E-state index >= 15 is 0 Å². The molecule has 30 heavy (non-hydrogen) atoms. The summed E-state index contributed by atoms with van der Waals surface area (Å²) in [4.78, 5) is 20.5. The molecule has 156 valence electrons. The van der Waals surface area contributed by atoms with Crippen molar-refractivity contribution < 1.29 is 9.53 Å². The zero-order valence-corrected chi connectivity index (χ0v) is 19.3. The first-order valence-corrected chi connectivity index (χ1v) is 11.4. The van der Waals surface area contributed by atoms with Crippen LogP contribution in [0.1, 0.15) is 37.6 Å². The fourth-order valence-electron chi connectivity index (χ4n) is 4.41. The Labute approximate surface area is 186 Å². The number of carbonyl (C=O) groups excluding carboxylic acids is 1. The Bertz CT molecular complexity index is 1050. The number of carbonyl (C=O) groups is 1. The summed E-state index contributed by atoms with van der Waals surface area (Å²) in [5, 5.41) is 0.884. The molecule has 0 saturated carbocycles. The number of hydrogen-bond donors (Lipinski definition) is 0. The number of aromatic nitrogens is 1. The first kappa shape index (κ1) is 20.9. The Morgan fingerprint density at radius 1 is 1.10 bits per heavy atom. The van der Waals surface area contributed by atoms with Gasteiger partial charge in [-0.05, 0) is 73.7 Å². The van der Waals surface area contributed by atoms with Crippen molar-refractivity contribution in [3.05, 3.63) is 58.6 Å². The molecular weight excluding hydrogens is 440 g/mol. The standard InChI is InChI=1S/C25H27BrN2O2/c1-4-30-20-8-5-18(6-9-20)24-13-22(21-12-19(26)7-10-23(21)27-24)25(29)28-14-16(2)11-17(3)15-28/h5-10,12-13,16-17H,4,11,14-15H2,1-3H3. The summed E-state index contributed by atoms with van der Waals surface area (Å²) < 4.78 is 6.50. The second-order valence-corrected chi connectivity index (χ2v) is 9.25. The van der Waals surface area contributed by atoms with Crippen LogP contribution in [0.25, 0.3) is 22.2 Å². The summed E-state index contributed by atoms with van der Waals surface area (Å²) in [6.45, 7) is 8.66. The molecule has 1 saturated heterocycles. The lowest BCUT2D eigenvalue weighted by molar-refractivity contribution is 0.0625. The fraction of sp³-hybridized carbons (Fsp3) is 0.360. The second-order valence-electron chi connectivity index (χ2n) is 8.33. The van der Waals surface area contributed by atoms with Crippen LogP contribution in [0.3, 0.4) is 0 Å². The molecule has 0 radical (unpaired) electrons. The maximum Gasteiger partial charge on any atom is 0.254 e. The molecule has 2 aromatic carbocycles. The van der Waals surface area contributed by atoms with Gasteiger partial charge < -0.3 is 9.64 Å². The fourth-order valence-corrected chi connectivity index (χ4v) is 4.77. The molecule has 0 bridgehead atoms. The number of fused-ring (bicyclic) bond motifs is 1. The van der Waals surface area contributed by atoms with Gasteiger partial charge in [-0.1, -0.05) is 29.8 Å². The average molecular weight is 467 g/mol. The van der Waals surface area contributed by atoms with Gasteiger partial charge in [0.15, 0.2) is 0 Å². The molecule has 0 spiro atoms. The molecule has 2 unspecified atom stereocenters. The molecular formula is C25H27BrN2O2. The van der Waals surface area contributed by atoms with E-state index < -0.39 is 0 Å². The van der Waals surface area contributed by atoms with E-state index in [9.17, 15) is 4.79 Å². The minimum absolute atomic E-state index is 0.0890. The normalized spacial score (nSPS) is 19.1. The van der Waals surface area contributed by atoms with Crippen LogP contribution in [0.4, 0.5) is 0 Å². The number of rotatable bonds is 4. The highest BCUT2D eigenvalue weighted by molar-refractivity contribution is 9.10. The number of likely N-dealkylation sites (tertiary alicyclic amines) is 1. The molecule has 2 heterocycles. The molecule has 4 nitrogen and oxygen atoms in total. The van der Waals surface area contributed by atoms with Crippen molar-refractivity contribution >= 4 is 32.7 Å². The van der Waals surface area contributed by atoms with E-state index in [1.165, 1.54) is 6.42 Å². The minimum atomic E-state index is 0.0890. The highest BCUT2D eigenvalue weighted by Gasteiger charge is 2.27. The molecule has 1 aromatic heterocycles. The Morgan fingerprint density at radius 3 is 2.47 bits per heavy atom. The highest BCUT2D eigenvalue weighted by atomic mass is 79.9. The number of nitrogens with zero attached hydrogens (tertiary/aromatic N) is 2. The van der Waals surface area contributed by atoms with Crippen molar-refractivity contribution in [3.63, 3.8) is 0 Å². The number of pyridine rings is 1. The van der Waals surface area contributed by atoms with Crippen LogP contribution in [-0.2, 0) is 0 Å². The zero-order chi connectivity index (χ0) is 21.3. The van der Waals surface area contributed by atoms with Gasteiger partial charge in [0.2, 0.25) is 0 Å². The Morgan fingerprint density at radius 2 is 1.80 bits per heavy atom. The van der Waals surface area contributed by atoms with Crippen LogP contribution < -0.4 is 4.74 Å². The smallest absolute Gasteiger partial charge is 0.254 e. The molecule has 1 fully saturated rings. The van der Waals surface area contributed by atoms with Crippen LogP contribution in [0.2, 0.25) is 0 Å². The third kappa shape index (κ3) is 4.36. The SMILES string of the molecule is CCOc1ccc(-c2cc(C(=O)N3CC(C)CC(C)C3)c3cc(Br)ccc3n2)cc1. The molecule has 3 aromatic rings. The summed E-state index contributed by atoms with van der Waals surface area (Å²) in [6, 6.07) is 15.8. The van der Waals surface area contributed by atoms with Gasteiger partial charge in [0.1, 0.15) is 5.75 Å². The van der Waals surface area contributed by atoms with Gasteiger partial charge in [-0.3, -0.25) is 4.79 Å². The molecule has 2 atom stereocenters. The van der Waals surface area contributed by atoms with Crippen molar-refractivity contribution in [1.82, 2.24) is 9.88 Å². The highest BCUT2D eigenvalue weighted by Crippen LogP contribution is 2.30. The van der Waals surface area contributed by atoms with E-state index in [0.29, 0.717) is 24.0 Å². The van der Waals surface area contributed by atoms with E-state index in [1.807, 2.05) is 60.4 Å². The van der Waals surface area contributed by atoms with Crippen LogP contribution >= 0.6 is 15.9 Å². The van der Waals surface area contributed by atoms with Crippen molar-refractivity contribution in [2.75, 3.05) is 19.7 Å². The summed E-state index contributed by atoms with van der Waals surface area (Å²) in [5.41, 5.74) is 3.31. The van der Waals surface area contributed by atoms with Crippen molar-refractivity contribution in [3.8, 4) is 17.0 Å². The van der Waals surface area contributed by atoms with Gasteiger partial charge in [-0.25, -0.2) is 4.98 Å². The summed E-state index contributed by atoms with van der Waals surface area (Å²) in [6.07, 6.45) is 1.17. The van der Waals surface area contributed by atoms with E-state index in [-0.39, 0.29) is 5.91 Å². The summed E-state index contributed by atoms with van der Waals surface area (Å²) in [7, 11) is 0. The predicted octanol–water partition coefficient (Wildman–Crippen LogP) is 6.18. The molecule has 0 aliphatic carbocycles. The van der Waals surface area contributed by atoms with Gasteiger partial charge in [-0.2, -0.15) is 0 Å². The van der Waals surface area contributed by atoms with Gasteiger partial charge in [0, 0.05) is 28.5 Å². The zero-order valence-electron chi connectivity index (χ0n) is 17.7. The number of piperidine rings is 1. The van der Waals surface area contributed by atoms with E-state index in [0.717, 1.165) is 45.5 Å². The maximum atomic E-state index is 13.6. The number of halogens is 1. The molecule has 1 aliphatic heterocycles. The van der Waals surface area contributed by atoms with Gasteiger partial charge in [0.05, 0.1) is 23.4 Å². The number of amides is 1. The largest absolute Gasteiger partial charge is 0.494 e. The number of benzene rings is 2. The maximum absolute atomic E-state index is 13.6. The first-order valence-electron chi connectivity index (χ1n) is 10.6. The van der Waals surface area contributed by atoms with Crippen LogP contribution in [0.5, 0.6) is 5.75 Å². The molecule has 1 amide bonds. The molecule has 1 aliphatic rings. The monoisotopic (exact) mass is 466 g/mol. The van der Waals surface area contributed by atoms with Crippen molar-refractivity contribution in [2.24, 2.45) is 11.8 Å². The lowest BCUT2D eigenvalue weighted by Crippen LogP contribution is -2.42. The number of hydrogen-bond acceptors (Lipinski definition) is 3. The van der Waals surface area contributed by atoms with Crippen LogP contribution in [0, 0.1) is 11.8 Å². The quantitative estimate of drug-likeness (QED) is 0.460. The Hall–Kier alpha value is -2.40. The molecule has 4 rings (SSSR count). The Balaban J connectivity index is 1.79. The molecule has 5 heteroatoms. The van der Waals surface area contributed by atoms with Crippen LogP contribution in [0.15, 0.2) is 53.0 Å². The topological polar surface area (TPSA) is 42.4 Å². The third-order valence-corrected chi connectivity index (χ3v) is 6.11. The summed E-state index contributed by atoms with van der Waals surface area (Å²) >= 11 is 3.55. The van der Waals surface area contributed by atoms with E-state index in [4.69, 9.17) is 9.72 Å². The number of ether oxygens (including phenoxy) is 1. The average Bonchev–Trinajstić information content (AvgIpc) is 2.72. The van der Waals surface area contributed by atoms with E-state index in [1.54, 1.807) is 0 Å². The minimum Gasteiger partial charge on any atom is -0.494 e. The first-order chi connectivity index (χ1) is 14.4. The van der Waals surface area contributed by atoms with Crippen LogP contribution in [-0.4, -0.2) is 35.5 Å². The summed E-state index contributed by atoms with van der Waals surface area (Å²) in [5.74, 6) is 1.95. The lowest BCUT2D eigenvalue weighted by Gasteiger charge is -2.35. The van der Waals surface area contributed by atoms with Crippen molar-refractivity contribution in [1.29, 1.82) is 0 Å². The van der Waals surface area contributed by atoms with Crippen molar-refractivity contribution in [2.45, 2.75) is 27.2 Å². The predicted molar refractivity (Wildman–Crippen MR) is 125 cm³/mol. The third-order valence-electron chi connectivity index (χ3n) is 5.62. The van der Waals surface area contributed by atoms with Gasteiger partial charge >= 0.3 is 0 Å². The second kappa shape index (κ2) is 8.76. The molecule has 0 N–H and O–H groups in total. The van der Waals surface area contributed by atoms with E-state index in [2.05, 4.69) is 29.8 Å². The van der Waals surface area contributed by atoms with Gasteiger partial charge in [0.25, 0.3) is 5.91 Å². The van der Waals surface area contributed by atoms with Gasteiger partial charge in [-0.15, -0.1) is 0 Å². The lowest BCUT2D eigenvalue weighted by atomic mass is 9.91. The Kier molecular flexibility index (Phi) is 6.09.